The zero-order valence-electron chi connectivity index (χ0n) is 9.13. The fourth-order valence-electron chi connectivity index (χ4n) is 1.53. The summed E-state index contributed by atoms with van der Waals surface area (Å²) < 4.78 is 26.6. The number of aryl methyl sites for hydroxylation is 1. The predicted octanol–water partition coefficient (Wildman–Crippen LogP) is 3.65. The Morgan fingerprint density at radius 1 is 1.18 bits per heavy atom. The number of nitrogens with zero attached hydrogens (tertiary/aromatic N) is 1. The van der Waals surface area contributed by atoms with Crippen molar-refractivity contribution in [2.24, 2.45) is 0 Å². The predicted molar refractivity (Wildman–Crippen MR) is 64.2 cm³/mol. The first kappa shape index (κ1) is 11.9. The lowest BCUT2D eigenvalue weighted by Gasteiger charge is -2.04. The first-order valence-electron chi connectivity index (χ1n) is 5.15. The molecule has 0 spiro atoms. The second-order valence-electron chi connectivity index (χ2n) is 3.60. The molecule has 0 unspecified atom stereocenters. The van der Waals surface area contributed by atoms with Crippen LogP contribution in [0.1, 0.15) is 12.6 Å². The molecule has 1 N–H and O–H groups in total. The van der Waals surface area contributed by atoms with Gasteiger partial charge in [-0.1, -0.05) is 19.1 Å². The van der Waals surface area contributed by atoms with Gasteiger partial charge in [0.2, 0.25) is 0 Å². The highest BCUT2D eigenvalue weighted by Crippen LogP contribution is 2.18. The largest absolute Gasteiger partial charge is 0.343 e. The summed E-state index contributed by atoms with van der Waals surface area (Å²) in [6.07, 6.45) is 0.747. The van der Waals surface area contributed by atoms with Crippen LogP contribution >= 0.6 is 12.2 Å². The number of hydrogen-bond acceptors (Lipinski definition) is 2. The Labute approximate surface area is 102 Å². The Morgan fingerprint density at radius 3 is 2.41 bits per heavy atom. The molecule has 1 aromatic heterocycles. The van der Waals surface area contributed by atoms with E-state index in [0.717, 1.165) is 18.2 Å². The van der Waals surface area contributed by atoms with Crippen LogP contribution in [0, 0.1) is 16.3 Å². The van der Waals surface area contributed by atoms with Crippen LogP contribution in [0.5, 0.6) is 0 Å². The van der Waals surface area contributed by atoms with Crippen molar-refractivity contribution in [1.29, 1.82) is 0 Å². The monoisotopic (exact) mass is 252 g/mol. The van der Waals surface area contributed by atoms with E-state index in [2.05, 4.69) is 9.97 Å². The molecule has 0 saturated heterocycles. The summed E-state index contributed by atoms with van der Waals surface area (Å²) in [7, 11) is 0. The quantitative estimate of drug-likeness (QED) is 0.826. The molecule has 0 aliphatic heterocycles. The summed E-state index contributed by atoms with van der Waals surface area (Å²) in [5.41, 5.74) is 1.23. The van der Waals surface area contributed by atoms with Crippen LogP contribution in [-0.2, 0) is 6.42 Å². The van der Waals surface area contributed by atoms with Gasteiger partial charge in [0.25, 0.3) is 0 Å². The van der Waals surface area contributed by atoms with Crippen LogP contribution in [0.25, 0.3) is 11.4 Å². The fourth-order valence-corrected chi connectivity index (χ4v) is 1.76. The van der Waals surface area contributed by atoms with Crippen LogP contribution in [0.15, 0.2) is 24.3 Å². The Balaban J connectivity index is 2.59. The molecule has 0 amide bonds. The van der Waals surface area contributed by atoms with Gasteiger partial charge in [0.05, 0.1) is 0 Å². The minimum Gasteiger partial charge on any atom is -0.343 e. The Bertz CT molecular complexity index is 587. The van der Waals surface area contributed by atoms with E-state index in [9.17, 15) is 8.78 Å². The van der Waals surface area contributed by atoms with E-state index < -0.39 is 11.6 Å². The molecule has 0 fully saturated rings. The molecule has 2 rings (SSSR count). The van der Waals surface area contributed by atoms with Crippen LogP contribution in [-0.4, -0.2) is 9.97 Å². The zero-order chi connectivity index (χ0) is 12.4. The van der Waals surface area contributed by atoms with Crippen molar-refractivity contribution >= 4 is 12.2 Å². The topological polar surface area (TPSA) is 28.7 Å². The number of H-pyrrole nitrogens is 1. The van der Waals surface area contributed by atoms with Gasteiger partial charge in [-0.3, -0.25) is 0 Å². The van der Waals surface area contributed by atoms with Gasteiger partial charge >= 0.3 is 0 Å². The van der Waals surface area contributed by atoms with Gasteiger partial charge < -0.3 is 4.98 Å². The van der Waals surface area contributed by atoms with E-state index in [1.165, 1.54) is 12.1 Å². The highest BCUT2D eigenvalue weighted by atomic mass is 32.1. The van der Waals surface area contributed by atoms with Gasteiger partial charge in [0.1, 0.15) is 22.1 Å². The smallest absolute Gasteiger partial charge is 0.139 e. The van der Waals surface area contributed by atoms with Crippen LogP contribution in [0.4, 0.5) is 8.78 Å². The Hall–Kier alpha value is -1.62. The maximum Gasteiger partial charge on any atom is 0.139 e. The van der Waals surface area contributed by atoms with Crippen LogP contribution in [0.2, 0.25) is 0 Å². The molecular weight excluding hydrogens is 242 g/mol. The first-order valence-corrected chi connectivity index (χ1v) is 5.56. The molecule has 2 aromatic rings. The normalized spacial score (nSPS) is 10.5. The Morgan fingerprint density at radius 2 is 1.82 bits per heavy atom. The number of halogens is 2. The molecule has 1 heterocycles. The summed E-state index contributed by atoms with van der Waals surface area (Å²) in [5.74, 6) is -0.890. The standard InChI is InChI=1S/C12H10F2N2S/c1-2-10-6-11(17)16-12(15-10)7-3-8(13)5-9(14)4-7/h3-6H,2H2,1H3,(H,15,16,17). The average molecular weight is 252 g/mol. The second kappa shape index (κ2) is 4.71. The molecule has 88 valence electrons. The van der Waals surface area contributed by atoms with Gasteiger partial charge in [-0.05, 0) is 24.6 Å². The first-order chi connectivity index (χ1) is 8.08. The number of aromatic nitrogens is 2. The lowest BCUT2D eigenvalue weighted by atomic mass is 10.2. The highest BCUT2D eigenvalue weighted by Gasteiger charge is 2.06. The summed E-state index contributed by atoms with van der Waals surface area (Å²) in [6.45, 7) is 1.95. The summed E-state index contributed by atoms with van der Waals surface area (Å²) in [4.78, 5) is 7.05. The second-order valence-corrected chi connectivity index (χ2v) is 4.02. The third-order valence-electron chi connectivity index (χ3n) is 2.32. The van der Waals surface area contributed by atoms with Crippen LogP contribution in [0.3, 0.4) is 0 Å². The minimum atomic E-state index is -0.636. The fraction of sp³-hybridized carbons (Fsp3) is 0.167. The number of rotatable bonds is 2. The molecule has 17 heavy (non-hydrogen) atoms. The van der Waals surface area contributed by atoms with E-state index in [4.69, 9.17) is 12.2 Å². The van der Waals surface area contributed by atoms with Crippen molar-refractivity contribution in [1.82, 2.24) is 9.97 Å². The van der Waals surface area contributed by atoms with Crippen molar-refractivity contribution in [3.63, 3.8) is 0 Å². The van der Waals surface area contributed by atoms with E-state index >= 15 is 0 Å². The SMILES string of the molecule is CCc1cc(=S)nc(-c2cc(F)cc(F)c2)[nH]1. The van der Waals surface area contributed by atoms with Gasteiger partial charge in [0.15, 0.2) is 0 Å². The van der Waals surface area contributed by atoms with Gasteiger partial charge in [-0.2, -0.15) is 0 Å². The van der Waals surface area contributed by atoms with E-state index in [0.29, 0.717) is 16.0 Å². The van der Waals surface area contributed by atoms with Gasteiger partial charge in [0, 0.05) is 17.3 Å². The van der Waals surface area contributed by atoms with Crippen molar-refractivity contribution in [3.05, 3.63) is 46.2 Å². The molecule has 0 radical (unpaired) electrons. The molecule has 0 aliphatic carbocycles. The number of hydrogen-bond donors (Lipinski definition) is 1. The van der Waals surface area contributed by atoms with Gasteiger partial charge in [-0.25, -0.2) is 13.8 Å². The van der Waals surface area contributed by atoms with E-state index in [1.807, 2.05) is 6.92 Å². The van der Waals surface area contributed by atoms with Crippen molar-refractivity contribution in [3.8, 4) is 11.4 Å². The van der Waals surface area contributed by atoms with E-state index in [-0.39, 0.29) is 0 Å². The van der Waals surface area contributed by atoms with Crippen molar-refractivity contribution in [2.75, 3.05) is 0 Å². The molecular formula is C12H10F2N2S. The lowest BCUT2D eigenvalue weighted by molar-refractivity contribution is 0.584. The Kier molecular flexibility index (Phi) is 3.28. The number of benzene rings is 1. The highest BCUT2D eigenvalue weighted by molar-refractivity contribution is 7.71. The van der Waals surface area contributed by atoms with Crippen molar-refractivity contribution < 1.29 is 8.78 Å². The van der Waals surface area contributed by atoms with Crippen LogP contribution < -0.4 is 0 Å². The van der Waals surface area contributed by atoms with E-state index in [1.54, 1.807) is 6.07 Å². The molecule has 0 saturated carbocycles. The third kappa shape index (κ3) is 2.74. The molecule has 2 nitrogen and oxygen atoms in total. The maximum atomic E-state index is 13.1. The summed E-state index contributed by atoms with van der Waals surface area (Å²) in [6, 6.07) is 4.99. The number of nitrogens with one attached hydrogen (secondary N) is 1. The summed E-state index contributed by atoms with van der Waals surface area (Å²) in [5, 5.41) is 0. The molecule has 0 atom stereocenters. The molecule has 5 heteroatoms. The molecule has 0 aliphatic rings. The number of aromatic amines is 1. The minimum absolute atomic E-state index is 0.351. The van der Waals surface area contributed by atoms with Gasteiger partial charge in [-0.15, -0.1) is 0 Å². The third-order valence-corrected chi connectivity index (χ3v) is 2.52. The summed E-state index contributed by atoms with van der Waals surface area (Å²) >= 11 is 5.00. The molecule has 1 aromatic carbocycles. The average Bonchev–Trinajstić information content (AvgIpc) is 2.26. The maximum absolute atomic E-state index is 13.1. The van der Waals surface area contributed by atoms with Crippen molar-refractivity contribution in [2.45, 2.75) is 13.3 Å². The molecule has 0 bridgehead atoms. The lowest BCUT2D eigenvalue weighted by Crippen LogP contribution is -1.96. The zero-order valence-corrected chi connectivity index (χ0v) is 9.94.